The van der Waals surface area contributed by atoms with Crippen LogP contribution in [0.3, 0.4) is 0 Å². The zero-order chi connectivity index (χ0) is 21.6. The molecule has 2 aliphatic rings. The number of benzene rings is 2. The Labute approximate surface area is 171 Å². The first-order valence-electron chi connectivity index (χ1n) is 8.90. The molecule has 0 saturated heterocycles. The van der Waals surface area contributed by atoms with Gasteiger partial charge in [0.15, 0.2) is 9.84 Å². The van der Waals surface area contributed by atoms with E-state index in [9.17, 15) is 28.2 Å². The molecule has 0 amide bonds. The molecule has 2 aromatic carbocycles. The second kappa shape index (κ2) is 6.96. The monoisotopic (exact) mass is 426 g/mol. The van der Waals surface area contributed by atoms with Gasteiger partial charge in [0, 0.05) is 29.9 Å². The zero-order valence-electron chi connectivity index (χ0n) is 15.4. The number of allylic oxidation sites excluding steroid dienone is 3. The van der Waals surface area contributed by atoms with Gasteiger partial charge < -0.3 is 5.73 Å². The van der Waals surface area contributed by atoms with Crippen LogP contribution in [0.1, 0.15) is 17.9 Å². The summed E-state index contributed by atoms with van der Waals surface area (Å²) in [6, 6.07) is 12.8. The smallest absolute Gasteiger partial charge is 0.269 e. The normalized spacial score (nSPS) is 20.1. The van der Waals surface area contributed by atoms with Crippen molar-refractivity contribution in [1.29, 1.82) is 5.26 Å². The van der Waals surface area contributed by atoms with E-state index >= 15 is 0 Å². The molecule has 4 rings (SSSR count). The molecule has 0 aromatic heterocycles. The lowest BCUT2D eigenvalue weighted by molar-refractivity contribution is -0.384. The Balaban J connectivity index is 1.98. The lowest BCUT2D eigenvalue weighted by Gasteiger charge is -2.35. The number of non-ortho nitro benzene ring substituents is 1. The molecular formula is C20H15FN4O4S. The maximum atomic E-state index is 13.4. The standard InChI is InChI=1S/C20H15FN4O4S/c21-13-4-6-14(7-5-13)24-17-8-9-30(28,29)19(17)18(16(11-22)20(24)23)12-2-1-3-15(10-12)25(26)27/h1-7,10,18H,8-9,23H2/t18-/m0/s1. The van der Waals surface area contributed by atoms with E-state index in [1.165, 1.54) is 53.4 Å². The van der Waals surface area contributed by atoms with Gasteiger partial charge in [-0.05, 0) is 29.8 Å². The van der Waals surface area contributed by atoms with E-state index in [-0.39, 0.29) is 34.2 Å². The lowest BCUT2D eigenvalue weighted by atomic mass is 9.87. The number of nitriles is 1. The Morgan fingerprint density at radius 3 is 2.57 bits per heavy atom. The molecule has 30 heavy (non-hydrogen) atoms. The molecular weight excluding hydrogens is 411 g/mol. The Bertz CT molecular complexity index is 1280. The van der Waals surface area contributed by atoms with Crippen molar-refractivity contribution in [3.05, 3.63) is 92.0 Å². The summed E-state index contributed by atoms with van der Waals surface area (Å²) in [5.74, 6) is -1.68. The summed E-state index contributed by atoms with van der Waals surface area (Å²) < 4.78 is 39.3. The number of nitrogens with two attached hydrogens (primary N) is 1. The third-order valence-corrected chi connectivity index (χ3v) is 7.07. The Morgan fingerprint density at radius 2 is 1.93 bits per heavy atom. The van der Waals surface area contributed by atoms with Gasteiger partial charge in [-0.3, -0.25) is 15.0 Å². The molecule has 10 heteroatoms. The number of anilines is 1. The third kappa shape index (κ3) is 3.00. The van der Waals surface area contributed by atoms with Crippen molar-refractivity contribution in [2.24, 2.45) is 5.73 Å². The molecule has 2 aliphatic heterocycles. The van der Waals surface area contributed by atoms with Gasteiger partial charge in [0.1, 0.15) is 11.6 Å². The number of nitro groups is 1. The maximum absolute atomic E-state index is 13.4. The second-order valence-electron chi connectivity index (χ2n) is 6.89. The highest BCUT2D eigenvalue weighted by atomic mass is 32.2. The first-order valence-corrected chi connectivity index (χ1v) is 10.6. The number of nitro benzene ring substituents is 1. The number of sulfone groups is 1. The van der Waals surface area contributed by atoms with Gasteiger partial charge >= 0.3 is 0 Å². The van der Waals surface area contributed by atoms with Crippen molar-refractivity contribution in [3.8, 4) is 6.07 Å². The fourth-order valence-corrected chi connectivity index (χ4v) is 5.75. The van der Waals surface area contributed by atoms with Gasteiger partial charge in [0.2, 0.25) is 0 Å². The predicted molar refractivity (Wildman–Crippen MR) is 107 cm³/mol. The highest BCUT2D eigenvalue weighted by Gasteiger charge is 2.45. The van der Waals surface area contributed by atoms with Crippen LogP contribution in [0.25, 0.3) is 0 Å². The van der Waals surface area contributed by atoms with E-state index in [2.05, 4.69) is 0 Å². The van der Waals surface area contributed by atoms with E-state index in [0.29, 0.717) is 16.9 Å². The van der Waals surface area contributed by atoms with Crippen molar-refractivity contribution < 1.29 is 17.7 Å². The minimum absolute atomic E-state index is 0.00178. The molecule has 0 radical (unpaired) electrons. The van der Waals surface area contributed by atoms with E-state index in [1.807, 2.05) is 6.07 Å². The van der Waals surface area contributed by atoms with Crippen LogP contribution in [0.15, 0.2) is 70.5 Å². The number of rotatable bonds is 3. The van der Waals surface area contributed by atoms with Crippen LogP contribution in [0.2, 0.25) is 0 Å². The van der Waals surface area contributed by atoms with Crippen LogP contribution in [0.4, 0.5) is 15.8 Å². The lowest BCUT2D eigenvalue weighted by Crippen LogP contribution is -2.34. The average molecular weight is 426 g/mol. The first-order chi connectivity index (χ1) is 14.2. The molecule has 2 aromatic rings. The summed E-state index contributed by atoms with van der Waals surface area (Å²) in [7, 11) is -3.74. The van der Waals surface area contributed by atoms with Crippen molar-refractivity contribution >= 4 is 21.2 Å². The van der Waals surface area contributed by atoms with Gasteiger partial charge in [0.05, 0.1) is 33.1 Å². The molecule has 0 aliphatic carbocycles. The van der Waals surface area contributed by atoms with Crippen LogP contribution in [0.5, 0.6) is 0 Å². The van der Waals surface area contributed by atoms with E-state index in [4.69, 9.17) is 5.73 Å². The highest BCUT2D eigenvalue weighted by molar-refractivity contribution is 7.95. The maximum Gasteiger partial charge on any atom is 0.269 e. The largest absolute Gasteiger partial charge is 0.384 e. The van der Waals surface area contributed by atoms with Crippen molar-refractivity contribution in [3.63, 3.8) is 0 Å². The number of hydrogen-bond acceptors (Lipinski definition) is 7. The topological polar surface area (TPSA) is 130 Å². The minimum atomic E-state index is -3.74. The van der Waals surface area contributed by atoms with Gasteiger partial charge in [-0.15, -0.1) is 0 Å². The van der Waals surface area contributed by atoms with Gasteiger partial charge in [-0.25, -0.2) is 12.8 Å². The van der Waals surface area contributed by atoms with E-state index in [1.54, 1.807) is 0 Å². The minimum Gasteiger partial charge on any atom is -0.384 e. The van der Waals surface area contributed by atoms with E-state index in [0.717, 1.165) is 0 Å². The first kappa shape index (κ1) is 19.6. The van der Waals surface area contributed by atoms with Gasteiger partial charge in [-0.1, -0.05) is 12.1 Å². The van der Waals surface area contributed by atoms with Gasteiger partial charge in [0.25, 0.3) is 5.69 Å². The Morgan fingerprint density at radius 1 is 1.23 bits per heavy atom. The summed E-state index contributed by atoms with van der Waals surface area (Å²) in [6.07, 6.45) is 0.153. The fourth-order valence-electron chi connectivity index (χ4n) is 3.90. The summed E-state index contributed by atoms with van der Waals surface area (Å²) in [4.78, 5) is 12.1. The molecule has 152 valence electrons. The number of hydrogen-bond donors (Lipinski definition) is 1. The SMILES string of the molecule is N#CC1=C(N)N(c2ccc(F)cc2)C2=C([C@H]1c1cccc([N+](=O)[O-])c1)S(=O)(=O)CC2. The molecule has 0 fully saturated rings. The molecule has 0 spiro atoms. The zero-order valence-corrected chi connectivity index (χ0v) is 16.3. The number of halogens is 1. The summed E-state index contributed by atoms with van der Waals surface area (Å²) in [5.41, 5.74) is 7.14. The predicted octanol–water partition coefficient (Wildman–Crippen LogP) is 3.06. The van der Waals surface area contributed by atoms with Crippen LogP contribution in [-0.4, -0.2) is 19.1 Å². The Kier molecular flexibility index (Phi) is 4.55. The molecule has 0 bridgehead atoms. The van der Waals surface area contributed by atoms with Crippen molar-refractivity contribution in [2.45, 2.75) is 12.3 Å². The van der Waals surface area contributed by atoms with Crippen LogP contribution >= 0.6 is 0 Å². The highest BCUT2D eigenvalue weighted by Crippen LogP contribution is 2.48. The average Bonchev–Trinajstić information content (AvgIpc) is 3.03. The van der Waals surface area contributed by atoms with Crippen LogP contribution < -0.4 is 10.6 Å². The fraction of sp³-hybridized carbons (Fsp3) is 0.150. The van der Waals surface area contributed by atoms with Crippen molar-refractivity contribution in [1.82, 2.24) is 0 Å². The van der Waals surface area contributed by atoms with Crippen LogP contribution in [-0.2, 0) is 9.84 Å². The number of nitrogens with zero attached hydrogens (tertiary/aromatic N) is 3. The Hall–Kier alpha value is -3.71. The summed E-state index contributed by atoms with van der Waals surface area (Å²) in [6.45, 7) is 0. The molecule has 8 nitrogen and oxygen atoms in total. The molecule has 1 atom stereocenters. The molecule has 0 unspecified atom stereocenters. The molecule has 2 N–H and O–H groups in total. The van der Waals surface area contributed by atoms with E-state index < -0.39 is 26.5 Å². The molecule has 0 saturated carbocycles. The third-order valence-electron chi connectivity index (χ3n) is 5.18. The molecule has 2 heterocycles. The second-order valence-corrected chi connectivity index (χ2v) is 8.97. The summed E-state index contributed by atoms with van der Waals surface area (Å²) in [5, 5.41) is 21.1. The van der Waals surface area contributed by atoms with Crippen LogP contribution in [0, 0.1) is 27.3 Å². The van der Waals surface area contributed by atoms with Crippen molar-refractivity contribution in [2.75, 3.05) is 10.7 Å². The van der Waals surface area contributed by atoms with Gasteiger partial charge in [-0.2, -0.15) is 5.26 Å². The quantitative estimate of drug-likeness (QED) is 0.589. The summed E-state index contributed by atoms with van der Waals surface area (Å²) >= 11 is 0.